The molecule has 0 aliphatic carbocycles. The number of carboxylic acid groups (broad SMARTS) is 1. The van der Waals surface area contributed by atoms with Gasteiger partial charge in [-0.2, -0.15) is 0 Å². The molecule has 0 aliphatic rings. The van der Waals surface area contributed by atoms with Crippen molar-refractivity contribution in [2.75, 3.05) is 7.05 Å². The topological polar surface area (TPSA) is 76.2 Å². The fraction of sp³-hybridized carbons (Fsp3) is 0.0909. The van der Waals surface area contributed by atoms with E-state index < -0.39 is 5.97 Å². The van der Waals surface area contributed by atoms with E-state index in [0.717, 1.165) is 10.9 Å². The molecule has 0 atom stereocenters. The number of hydrogen-bond donors (Lipinski definition) is 2. The van der Waals surface area contributed by atoms with E-state index in [-0.39, 0.29) is 0 Å². The molecular weight excluding hydrogens is 192 g/mol. The van der Waals surface area contributed by atoms with Crippen LogP contribution in [-0.4, -0.2) is 23.1 Å². The van der Waals surface area contributed by atoms with Crippen molar-refractivity contribution in [2.24, 2.45) is 5.73 Å². The van der Waals surface area contributed by atoms with E-state index in [0.29, 0.717) is 5.56 Å². The zero-order valence-corrected chi connectivity index (χ0v) is 8.34. The van der Waals surface area contributed by atoms with Gasteiger partial charge in [-0.3, -0.25) is 4.98 Å². The fourth-order valence-electron chi connectivity index (χ4n) is 1.21. The maximum absolute atomic E-state index is 10.6. The number of nitrogens with zero attached hydrogens (tertiary/aromatic N) is 1. The van der Waals surface area contributed by atoms with E-state index in [4.69, 9.17) is 5.11 Å². The molecule has 1 aromatic carbocycles. The van der Waals surface area contributed by atoms with Gasteiger partial charge in [0.2, 0.25) is 0 Å². The second-order valence-corrected chi connectivity index (χ2v) is 2.72. The summed E-state index contributed by atoms with van der Waals surface area (Å²) in [6.07, 6.45) is 1.68. The van der Waals surface area contributed by atoms with E-state index >= 15 is 0 Å². The van der Waals surface area contributed by atoms with Crippen molar-refractivity contribution < 1.29 is 9.90 Å². The first-order valence-corrected chi connectivity index (χ1v) is 4.43. The number of aromatic nitrogens is 1. The molecule has 3 N–H and O–H groups in total. The average molecular weight is 204 g/mol. The standard InChI is InChI=1S/C10H7NO2.CH5N/c12-10(13)8-3-4-9-7(6-8)2-1-5-11-9;1-2/h1-6H,(H,12,13);2H2,1H3. The Morgan fingerprint density at radius 2 is 2.07 bits per heavy atom. The third kappa shape index (κ3) is 2.51. The van der Waals surface area contributed by atoms with Crippen LogP contribution in [0.5, 0.6) is 0 Å². The van der Waals surface area contributed by atoms with Gasteiger partial charge in [0, 0.05) is 11.6 Å². The zero-order valence-electron chi connectivity index (χ0n) is 8.34. The monoisotopic (exact) mass is 204 g/mol. The van der Waals surface area contributed by atoms with Gasteiger partial charge in [0.15, 0.2) is 0 Å². The molecule has 2 aromatic rings. The summed E-state index contributed by atoms with van der Waals surface area (Å²) < 4.78 is 0. The van der Waals surface area contributed by atoms with Crippen molar-refractivity contribution in [1.29, 1.82) is 0 Å². The summed E-state index contributed by atoms with van der Waals surface area (Å²) in [4.78, 5) is 14.7. The van der Waals surface area contributed by atoms with Crippen LogP contribution in [-0.2, 0) is 0 Å². The summed E-state index contributed by atoms with van der Waals surface area (Å²) in [7, 11) is 1.50. The van der Waals surface area contributed by atoms with Gasteiger partial charge in [-0.25, -0.2) is 4.79 Å². The molecule has 0 saturated heterocycles. The summed E-state index contributed by atoms with van der Waals surface area (Å²) in [6.45, 7) is 0. The van der Waals surface area contributed by atoms with Crippen LogP contribution >= 0.6 is 0 Å². The molecule has 4 nitrogen and oxygen atoms in total. The zero-order chi connectivity index (χ0) is 11.3. The quantitative estimate of drug-likeness (QED) is 0.738. The Kier molecular flexibility index (Phi) is 3.76. The third-order valence-electron chi connectivity index (χ3n) is 1.85. The second kappa shape index (κ2) is 5.07. The summed E-state index contributed by atoms with van der Waals surface area (Å²) in [5.74, 6) is -0.911. The summed E-state index contributed by atoms with van der Waals surface area (Å²) in [6, 6.07) is 8.50. The van der Waals surface area contributed by atoms with Gasteiger partial charge in [-0.1, -0.05) is 6.07 Å². The van der Waals surface area contributed by atoms with E-state index in [9.17, 15) is 4.79 Å². The molecule has 2 rings (SSSR count). The Balaban J connectivity index is 0.000000531. The lowest BCUT2D eigenvalue weighted by molar-refractivity contribution is 0.0697. The number of pyridine rings is 1. The van der Waals surface area contributed by atoms with Crippen LogP contribution in [0.4, 0.5) is 0 Å². The Bertz CT molecular complexity index is 469. The van der Waals surface area contributed by atoms with E-state index in [1.807, 2.05) is 6.07 Å². The molecule has 0 fully saturated rings. The van der Waals surface area contributed by atoms with E-state index in [2.05, 4.69) is 10.7 Å². The van der Waals surface area contributed by atoms with Gasteiger partial charge < -0.3 is 10.8 Å². The SMILES string of the molecule is CN.O=C(O)c1ccc2ncccc2c1. The second-order valence-electron chi connectivity index (χ2n) is 2.72. The Morgan fingerprint density at radius 1 is 1.33 bits per heavy atom. The lowest BCUT2D eigenvalue weighted by atomic mass is 10.1. The molecule has 15 heavy (non-hydrogen) atoms. The number of carboxylic acids is 1. The minimum atomic E-state index is -0.911. The first-order chi connectivity index (χ1) is 7.27. The van der Waals surface area contributed by atoms with Crippen molar-refractivity contribution in [3.05, 3.63) is 42.1 Å². The van der Waals surface area contributed by atoms with Crippen molar-refractivity contribution in [3.63, 3.8) is 0 Å². The molecule has 0 bridgehead atoms. The van der Waals surface area contributed by atoms with Crippen molar-refractivity contribution in [2.45, 2.75) is 0 Å². The number of rotatable bonds is 1. The predicted octanol–water partition coefficient (Wildman–Crippen LogP) is 1.51. The lowest BCUT2D eigenvalue weighted by Gasteiger charge is -1.97. The third-order valence-corrected chi connectivity index (χ3v) is 1.85. The van der Waals surface area contributed by atoms with Gasteiger partial charge in [0.25, 0.3) is 0 Å². The molecule has 4 heteroatoms. The molecule has 0 unspecified atom stereocenters. The lowest BCUT2D eigenvalue weighted by Crippen LogP contribution is -1.95. The Labute approximate surface area is 87.4 Å². The minimum absolute atomic E-state index is 0.292. The molecule has 1 heterocycles. The van der Waals surface area contributed by atoms with Crippen molar-refractivity contribution in [3.8, 4) is 0 Å². The molecule has 0 spiro atoms. The van der Waals surface area contributed by atoms with Crippen LogP contribution in [0.2, 0.25) is 0 Å². The number of aromatic carboxylic acids is 1. The normalized spacial score (nSPS) is 9.20. The fourth-order valence-corrected chi connectivity index (χ4v) is 1.21. The highest BCUT2D eigenvalue weighted by Crippen LogP contribution is 2.12. The van der Waals surface area contributed by atoms with Crippen LogP contribution < -0.4 is 5.73 Å². The van der Waals surface area contributed by atoms with Crippen molar-refractivity contribution in [1.82, 2.24) is 4.98 Å². The van der Waals surface area contributed by atoms with Crippen LogP contribution in [0.25, 0.3) is 10.9 Å². The predicted molar refractivity (Wildman–Crippen MR) is 58.8 cm³/mol. The summed E-state index contributed by atoms with van der Waals surface area (Å²) in [5.41, 5.74) is 5.60. The number of nitrogens with two attached hydrogens (primary N) is 1. The highest BCUT2D eigenvalue weighted by atomic mass is 16.4. The minimum Gasteiger partial charge on any atom is -0.478 e. The Hall–Kier alpha value is -1.94. The summed E-state index contributed by atoms with van der Waals surface area (Å²) in [5, 5.41) is 9.57. The van der Waals surface area contributed by atoms with Gasteiger partial charge in [-0.15, -0.1) is 0 Å². The molecule has 0 aliphatic heterocycles. The molecule has 0 amide bonds. The highest BCUT2D eigenvalue weighted by Gasteiger charge is 2.02. The molecule has 78 valence electrons. The number of hydrogen-bond acceptors (Lipinski definition) is 3. The van der Waals surface area contributed by atoms with E-state index in [1.54, 1.807) is 30.5 Å². The van der Waals surface area contributed by atoms with E-state index in [1.165, 1.54) is 7.05 Å². The number of fused-ring (bicyclic) bond motifs is 1. The maximum atomic E-state index is 10.6. The van der Waals surface area contributed by atoms with Crippen LogP contribution in [0.15, 0.2) is 36.5 Å². The largest absolute Gasteiger partial charge is 0.478 e. The van der Waals surface area contributed by atoms with Gasteiger partial charge in [-0.05, 0) is 31.3 Å². The van der Waals surface area contributed by atoms with Crippen LogP contribution in [0.1, 0.15) is 10.4 Å². The van der Waals surface area contributed by atoms with Crippen LogP contribution in [0.3, 0.4) is 0 Å². The maximum Gasteiger partial charge on any atom is 0.335 e. The summed E-state index contributed by atoms with van der Waals surface area (Å²) >= 11 is 0. The van der Waals surface area contributed by atoms with Crippen molar-refractivity contribution >= 4 is 16.9 Å². The number of benzene rings is 1. The first-order valence-electron chi connectivity index (χ1n) is 4.43. The first kappa shape index (κ1) is 11.1. The van der Waals surface area contributed by atoms with Crippen LogP contribution in [0, 0.1) is 0 Å². The molecule has 0 radical (unpaired) electrons. The Morgan fingerprint density at radius 3 is 2.73 bits per heavy atom. The smallest absolute Gasteiger partial charge is 0.335 e. The molecule has 0 saturated carbocycles. The molecule has 1 aromatic heterocycles. The highest BCUT2D eigenvalue weighted by molar-refractivity contribution is 5.93. The average Bonchev–Trinajstić information content (AvgIpc) is 2.31. The van der Waals surface area contributed by atoms with Gasteiger partial charge >= 0.3 is 5.97 Å². The van der Waals surface area contributed by atoms with Gasteiger partial charge in [0.1, 0.15) is 0 Å². The molecular formula is C11H12N2O2. The van der Waals surface area contributed by atoms with Gasteiger partial charge in [0.05, 0.1) is 11.1 Å². The number of carbonyl (C=O) groups is 1.